The van der Waals surface area contributed by atoms with Gasteiger partial charge in [0.05, 0.1) is 13.2 Å². The number of rotatable bonds is 4. The van der Waals surface area contributed by atoms with Crippen LogP contribution in [0.1, 0.15) is 5.56 Å². The van der Waals surface area contributed by atoms with Gasteiger partial charge in [0.2, 0.25) is 0 Å². The molecule has 2 unspecified atom stereocenters. The normalized spacial score (nSPS) is 32.9. The number of benzene rings is 1. The van der Waals surface area contributed by atoms with Crippen molar-refractivity contribution in [2.45, 2.75) is 31.2 Å². The molecule has 0 aliphatic carbocycles. The summed E-state index contributed by atoms with van der Waals surface area (Å²) in [5, 5.41) is 27.9. The lowest BCUT2D eigenvalue weighted by molar-refractivity contribution is -0.137. The first-order chi connectivity index (χ1) is 8.18. The lowest BCUT2D eigenvalue weighted by Crippen LogP contribution is -2.34. The smallest absolute Gasteiger partial charge is 0.184 e. The average Bonchev–Trinajstić information content (AvgIpc) is 2.59. The monoisotopic (exact) mass is 240 g/mol. The second-order valence-corrected chi connectivity index (χ2v) is 4.05. The molecule has 2 rings (SSSR count). The van der Waals surface area contributed by atoms with Gasteiger partial charge in [-0.15, -0.1) is 0 Å². The summed E-state index contributed by atoms with van der Waals surface area (Å²) in [5.74, 6) is 0. The molecular weight excluding hydrogens is 224 g/mol. The van der Waals surface area contributed by atoms with Crippen molar-refractivity contribution in [3.8, 4) is 0 Å². The fourth-order valence-corrected chi connectivity index (χ4v) is 1.73. The second-order valence-electron chi connectivity index (χ2n) is 4.05. The van der Waals surface area contributed by atoms with Crippen LogP contribution in [-0.4, -0.2) is 46.5 Å². The molecule has 0 radical (unpaired) electrons. The van der Waals surface area contributed by atoms with Crippen LogP contribution in [0.2, 0.25) is 0 Å². The molecule has 5 nitrogen and oxygen atoms in total. The van der Waals surface area contributed by atoms with Gasteiger partial charge in [-0.25, -0.2) is 0 Å². The molecule has 3 N–H and O–H groups in total. The molecule has 4 atom stereocenters. The van der Waals surface area contributed by atoms with Crippen molar-refractivity contribution in [2.75, 3.05) is 6.61 Å². The highest BCUT2D eigenvalue weighted by molar-refractivity contribution is 5.13. The average molecular weight is 240 g/mol. The predicted molar refractivity (Wildman–Crippen MR) is 59.0 cm³/mol. The van der Waals surface area contributed by atoms with Gasteiger partial charge < -0.3 is 24.8 Å². The number of hydrogen-bond donors (Lipinski definition) is 3. The van der Waals surface area contributed by atoms with E-state index in [1.165, 1.54) is 0 Å². The molecule has 1 aliphatic heterocycles. The fourth-order valence-electron chi connectivity index (χ4n) is 1.73. The first-order valence-electron chi connectivity index (χ1n) is 5.50. The third kappa shape index (κ3) is 3.02. The molecule has 1 aromatic rings. The van der Waals surface area contributed by atoms with Gasteiger partial charge in [0.15, 0.2) is 6.29 Å². The zero-order valence-corrected chi connectivity index (χ0v) is 9.27. The van der Waals surface area contributed by atoms with Crippen LogP contribution in [0.4, 0.5) is 0 Å². The highest BCUT2D eigenvalue weighted by atomic mass is 16.7. The van der Waals surface area contributed by atoms with E-state index >= 15 is 0 Å². The van der Waals surface area contributed by atoms with Crippen LogP contribution in [0.3, 0.4) is 0 Å². The van der Waals surface area contributed by atoms with E-state index in [2.05, 4.69) is 0 Å². The van der Waals surface area contributed by atoms with E-state index in [-0.39, 0.29) is 6.61 Å². The molecule has 1 fully saturated rings. The Bertz CT molecular complexity index is 342. The van der Waals surface area contributed by atoms with Gasteiger partial charge >= 0.3 is 0 Å². The molecule has 1 aromatic carbocycles. The van der Waals surface area contributed by atoms with Gasteiger partial charge in [-0.2, -0.15) is 0 Å². The van der Waals surface area contributed by atoms with Gasteiger partial charge in [-0.05, 0) is 5.56 Å². The molecule has 0 saturated carbocycles. The fraction of sp³-hybridized carbons (Fsp3) is 0.500. The molecule has 0 bridgehead atoms. The maximum absolute atomic E-state index is 9.51. The Kier molecular flexibility index (Phi) is 4.09. The Hall–Kier alpha value is -0.980. The molecule has 94 valence electrons. The van der Waals surface area contributed by atoms with Crippen molar-refractivity contribution in [1.82, 2.24) is 0 Å². The molecule has 1 heterocycles. The molecule has 0 spiro atoms. The Balaban J connectivity index is 1.76. The van der Waals surface area contributed by atoms with Crippen molar-refractivity contribution in [3.63, 3.8) is 0 Å². The van der Waals surface area contributed by atoms with E-state index in [1.54, 1.807) is 0 Å². The number of aliphatic hydroxyl groups is 3. The van der Waals surface area contributed by atoms with Crippen molar-refractivity contribution < 1.29 is 24.8 Å². The van der Waals surface area contributed by atoms with Crippen LogP contribution >= 0.6 is 0 Å². The van der Waals surface area contributed by atoms with Crippen molar-refractivity contribution in [2.24, 2.45) is 0 Å². The van der Waals surface area contributed by atoms with Crippen LogP contribution in [0.15, 0.2) is 30.3 Å². The summed E-state index contributed by atoms with van der Waals surface area (Å²) in [6.07, 6.45) is -4.40. The lowest BCUT2D eigenvalue weighted by Gasteiger charge is -2.14. The lowest BCUT2D eigenvalue weighted by atomic mass is 10.1. The summed E-state index contributed by atoms with van der Waals surface area (Å²) >= 11 is 0. The first kappa shape index (κ1) is 12.5. The Morgan fingerprint density at radius 2 is 1.76 bits per heavy atom. The Morgan fingerprint density at radius 3 is 2.35 bits per heavy atom. The maximum atomic E-state index is 9.51. The zero-order chi connectivity index (χ0) is 12.3. The molecule has 5 heteroatoms. The van der Waals surface area contributed by atoms with Crippen LogP contribution in [-0.2, 0) is 16.1 Å². The van der Waals surface area contributed by atoms with Gasteiger partial charge in [-0.1, -0.05) is 30.3 Å². The quantitative estimate of drug-likeness (QED) is 0.670. The molecule has 0 amide bonds. The van der Waals surface area contributed by atoms with E-state index < -0.39 is 24.6 Å². The van der Waals surface area contributed by atoms with Crippen LogP contribution in [0.25, 0.3) is 0 Å². The highest BCUT2D eigenvalue weighted by Gasteiger charge is 2.41. The van der Waals surface area contributed by atoms with Gasteiger partial charge in [0, 0.05) is 0 Å². The zero-order valence-electron chi connectivity index (χ0n) is 9.27. The van der Waals surface area contributed by atoms with Gasteiger partial charge in [0.1, 0.15) is 18.3 Å². The minimum Gasteiger partial charge on any atom is -0.387 e. The summed E-state index contributed by atoms with van der Waals surface area (Å²) in [6, 6.07) is 9.59. The van der Waals surface area contributed by atoms with Gasteiger partial charge in [-0.3, -0.25) is 0 Å². The third-order valence-corrected chi connectivity index (χ3v) is 2.73. The van der Waals surface area contributed by atoms with Crippen LogP contribution in [0, 0.1) is 0 Å². The standard InChI is InChI=1S/C12H16O5/c13-10-9(17-12(15)11(10)14)7-16-6-8-4-2-1-3-5-8/h1-5,9-15H,6-7H2/t9-,10?,11+,12?/m0/s1. The number of hydrogen-bond acceptors (Lipinski definition) is 5. The van der Waals surface area contributed by atoms with Gasteiger partial charge in [0.25, 0.3) is 0 Å². The third-order valence-electron chi connectivity index (χ3n) is 2.73. The highest BCUT2D eigenvalue weighted by Crippen LogP contribution is 2.19. The molecular formula is C12H16O5. The number of aliphatic hydroxyl groups excluding tert-OH is 3. The van der Waals surface area contributed by atoms with Crippen LogP contribution < -0.4 is 0 Å². The minimum absolute atomic E-state index is 0.129. The predicted octanol–water partition coefficient (Wildman–Crippen LogP) is -0.358. The van der Waals surface area contributed by atoms with Crippen molar-refractivity contribution in [3.05, 3.63) is 35.9 Å². The Morgan fingerprint density at radius 1 is 1.06 bits per heavy atom. The largest absolute Gasteiger partial charge is 0.387 e. The van der Waals surface area contributed by atoms with E-state index in [4.69, 9.17) is 14.6 Å². The minimum atomic E-state index is -1.34. The summed E-state index contributed by atoms with van der Waals surface area (Å²) in [4.78, 5) is 0. The van der Waals surface area contributed by atoms with E-state index in [0.717, 1.165) is 5.56 Å². The maximum Gasteiger partial charge on any atom is 0.184 e. The number of ether oxygens (including phenoxy) is 2. The van der Waals surface area contributed by atoms with Crippen LogP contribution in [0.5, 0.6) is 0 Å². The van der Waals surface area contributed by atoms with E-state index in [1.807, 2.05) is 30.3 Å². The second kappa shape index (κ2) is 5.57. The van der Waals surface area contributed by atoms with Crippen molar-refractivity contribution in [1.29, 1.82) is 0 Å². The molecule has 0 aromatic heterocycles. The van der Waals surface area contributed by atoms with E-state index in [9.17, 15) is 10.2 Å². The molecule has 17 heavy (non-hydrogen) atoms. The van der Waals surface area contributed by atoms with Crippen molar-refractivity contribution >= 4 is 0 Å². The topological polar surface area (TPSA) is 79.2 Å². The summed E-state index contributed by atoms with van der Waals surface area (Å²) < 4.78 is 10.3. The first-order valence-corrected chi connectivity index (χ1v) is 5.50. The summed E-state index contributed by atoms with van der Waals surface area (Å²) in [6.45, 7) is 0.532. The summed E-state index contributed by atoms with van der Waals surface area (Å²) in [7, 11) is 0. The van der Waals surface area contributed by atoms with E-state index in [0.29, 0.717) is 6.61 Å². The molecule has 1 aliphatic rings. The SMILES string of the molecule is OC1O[C@@H](COCc2ccccc2)C(O)[C@H]1O. The molecule has 1 saturated heterocycles. The summed E-state index contributed by atoms with van der Waals surface area (Å²) in [5.41, 5.74) is 1.01. The Labute approximate surface area is 99.2 Å².